The van der Waals surface area contributed by atoms with E-state index < -0.39 is 0 Å². The Morgan fingerprint density at radius 2 is 2.21 bits per heavy atom. The van der Waals surface area contributed by atoms with Crippen molar-refractivity contribution in [3.8, 4) is 0 Å². The Bertz CT molecular complexity index is 598. The van der Waals surface area contributed by atoms with E-state index >= 15 is 0 Å². The van der Waals surface area contributed by atoms with Gasteiger partial charge in [0.15, 0.2) is 0 Å². The second kappa shape index (κ2) is 5.05. The Hall–Kier alpha value is -1.81. The van der Waals surface area contributed by atoms with Crippen LogP contribution in [0.15, 0.2) is 24.3 Å². The maximum absolute atomic E-state index is 11.8. The third kappa shape index (κ3) is 3.15. The summed E-state index contributed by atoms with van der Waals surface area (Å²) < 4.78 is 0. The van der Waals surface area contributed by atoms with Crippen molar-refractivity contribution in [2.75, 3.05) is 18.4 Å². The van der Waals surface area contributed by atoms with Crippen LogP contribution in [0.25, 0.3) is 10.9 Å². The van der Waals surface area contributed by atoms with E-state index in [0.29, 0.717) is 6.54 Å². The molecule has 0 saturated heterocycles. The number of aromatic amines is 1. The molecule has 0 radical (unpaired) electrons. The van der Waals surface area contributed by atoms with Crippen molar-refractivity contribution in [1.29, 1.82) is 0 Å². The van der Waals surface area contributed by atoms with E-state index in [2.05, 4.69) is 21.7 Å². The van der Waals surface area contributed by atoms with Crippen molar-refractivity contribution in [3.05, 3.63) is 30.0 Å². The number of hydrogen-bond donors (Lipinski definition) is 3. The fourth-order valence-electron chi connectivity index (χ4n) is 2.27. The van der Waals surface area contributed by atoms with Gasteiger partial charge in [-0.25, -0.2) is 0 Å². The van der Waals surface area contributed by atoms with Gasteiger partial charge in [0.25, 0.3) is 0 Å². The summed E-state index contributed by atoms with van der Waals surface area (Å²) in [6.07, 6.45) is 2.61. The fraction of sp³-hybridized carbons (Fsp3) is 0.400. The lowest BCUT2D eigenvalue weighted by Crippen LogP contribution is -2.29. The Morgan fingerprint density at radius 1 is 1.37 bits per heavy atom. The molecule has 100 valence electrons. The molecule has 1 aromatic carbocycles. The molecule has 1 aliphatic carbocycles. The predicted molar refractivity (Wildman–Crippen MR) is 77.3 cm³/mol. The largest absolute Gasteiger partial charge is 0.359 e. The van der Waals surface area contributed by atoms with Crippen LogP contribution in [0.5, 0.6) is 0 Å². The van der Waals surface area contributed by atoms with Crippen LogP contribution < -0.4 is 10.6 Å². The highest BCUT2D eigenvalue weighted by Crippen LogP contribution is 2.27. The van der Waals surface area contributed by atoms with Crippen molar-refractivity contribution in [2.45, 2.75) is 19.8 Å². The first-order chi connectivity index (χ1) is 9.20. The quantitative estimate of drug-likeness (QED) is 0.770. The Morgan fingerprint density at radius 3 is 3.00 bits per heavy atom. The van der Waals surface area contributed by atoms with Gasteiger partial charge in [0, 0.05) is 22.3 Å². The molecule has 1 aromatic heterocycles. The van der Waals surface area contributed by atoms with Gasteiger partial charge in [0.1, 0.15) is 0 Å². The van der Waals surface area contributed by atoms with Gasteiger partial charge in [-0.05, 0) is 56.5 Å². The molecule has 2 aromatic rings. The molecule has 4 nitrogen and oxygen atoms in total. The molecule has 4 heteroatoms. The molecule has 0 bridgehead atoms. The van der Waals surface area contributed by atoms with E-state index in [-0.39, 0.29) is 5.91 Å². The molecule has 0 aliphatic heterocycles. The molecule has 3 N–H and O–H groups in total. The number of nitrogens with one attached hydrogen (secondary N) is 3. The molecule has 1 fully saturated rings. The van der Waals surface area contributed by atoms with Crippen molar-refractivity contribution in [3.63, 3.8) is 0 Å². The van der Waals surface area contributed by atoms with E-state index in [4.69, 9.17) is 0 Å². The minimum Gasteiger partial charge on any atom is -0.359 e. The number of hydrogen-bond acceptors (Lipinski definition) is 2. The number of carbonyl (C=O) groups excluding carboxylic acids is 1. The van der Waals surface area contributed by atoms with Crippen molar-refractivity contribution in [2.24, 2.45) is 5.92 Å². The zero-order valence-corrected chi connectivity index (χ0v) is 11.1. The summed E-state index contributed by atoms with van der Waals surface area (Å²) in [5.41, 5.74) is 3.08. The Kier molecular flexibility index (Phi) is 3.25. The number of amides is 1. The van der Waals surface area contributed by atoms with E-state index in [9.17, 15) is 4.79 Å². The molecule has 1 aliphatic rings. The lowest BCUT2D eigenvalue weighted by atomic mass is 10.2. The highest BCUT2D eigenvalue weighted by Gasteiger charge is 2.20. The number of rotatable bonds is 5. The van der Waals surface area contributed by atoms with Crippen LogP contribution in [0.4, 0.5) is 5.69 Å². The zero-order chi connectivity index (χ0) is 13.2. The van der Waals surface area contributed by atoms with Crippen LogP contribution in [0.2, 0.25) is 0 Å². The lowest BCUT2D eigenvalue weighted by molar-refractivity contribution is -0.115. The second-order valence-corrected chi connectivity index (χ2v) is 5.38. The van der Waals surface area contributed by atoms with E-state index in [1.165, 1.54) is 12.8 Å². The third-order valence-electron chi connectivity index (χ3n) is 3.45. The molecule has 0 unspecified atom stereocenters. The first-order valence-electron chi connectivity index (χ1n) is 6.80. The normalized spacial score (nSPS) is 14.8. The smallest absolute Gasteiger partial charge is 0.238 e. The van der Waals surface area contributed by atoms with Crippen molar-refractivity contribution in [1.82, 2.24) is 10.3 Å². The molecule has 3 rings (SSSR count). The first-order valence-corrected chi connectivity index (χ1v) is 6.80. The van der Waals surface area contributed by atoms with E-state index in [0.717, 1.165) is 34.7 Å². The predicted octanol–water partition coefficient (Wildman–Crippen LogP) is 2.41. The Labute approximate surface area is 112 Å². The Balaban J connectivity index is 1.58. The number of aryl methyl sites for hydroxylation is 1. The van der Waals surface area contributed by atoms with Crippen LogP contribution in [-0.4, -0.2) is 24.0 Å². The van der Waals surface area contributed by atoms with Gasteiger partial charge in [0.2, 0.25) is 5.91 Å². The summed E-state index contributed by atoms with van der Waals surface area (Å²) in [4.78, 5) is 15.0. The minimum absolute atomic E-state index is 0.0206. The number of fused-ring (bicyclic) bond motifs is 1. The van der Waals surface area contributed by atoms with Crippen molar-refractivity contribution < 1.29 is 4.79 Å². The number of anilines is 1. The summed E-state index contributed by atoms with van der Waals surface area (Å²) in [7, 11) is 0. The average molecular weight is 257 g/mol. The number of aromatic nitrogens is 1. The van der Waals surface area contributed by atoms with Crippen LogP contribution >= 0.6 is 0 Å². The van der Waals surface area contributed by atoms with Gasteiger partial charge >= 0.3 is 0 Å². The summed E-state index contributed by atoms with van der Waals surface area (Å²) in [5.74, 6) is 0.819. The monoisotopic (exact) mass is 257 g/mol. The molecule has 1 saturated carbocycles. The minimum atomic E-state index is 0.0206. The topological polar surface area (TPSA) is 56.9 Å². The van der Waals surface area contributed by atoms with E-state index in [1.807, 2.05) is 25.1 Å². The molecule has 1 heterocycles. The standard InChI is InChI=1S/C15H19N3O/c1-10-6-12-7-13(4-5-14(12)17-10)18-15(19)9-16-8-11-2-3-11/h4-7,11,16-17H,2-3,8-9H2,1H3,(H,18,19). The number of benzene rings is 1. The van der Waals surface area contributed by atoms with Crippen LogP contribution in [0.1, 0.15) is 18.5 Å². The lowest BCUT2D eigenvalue weighted by Gasteiger charge is -2.06. The highest BCUT2D eigenvalue weighted by atomic mass is 16.1. The van der Waals surface area contributed by atoms with Crippen LogP contribution in [0, 0.1) is 12.8 Å². The summed E-state index contributed by atoms with van der Waals surface area (Å²) in [5, 5.41) is 7.24. The van der Waals surface area contributed by atoms with Gasteiger partial charge in [-0.15, -0.1) is 0 Å². The second-order valence-electron chi connectivity index (χ2n) is 5.38. The maximum atomic E-state index is 11.8. The fourth-order valence-corrected chi connectivity index (χ4v) is 2.27. The van der Waals surface area contributed by atoms with Gasteiger partial charge in [-0.2, -0.15) is 0 Å². The van der Waals surface area contributed by atoms with Gasteiger partial charge in [-0.1, -0.05) is 0 Å². The van der Waals surface area contributed by atoms with Gasteiger partial charge < -0.3 is 15.6 Å². The molecular formula is C15H19N3O. The van der Waals surface area contributed by atoms with Crippen LogP contribution in [-0.2, 0) is 4.79 Å². The SMILES string of the molecule is Cc1cc2cc(NC(=O)CNCC3CC3)ccc2[nH]1. The molecular weight excluding hydrogens is 238 g/mol. The number of H-pyrrole nitrogens is 1. The summed E-state index contributed by atoms with van der Waals surface area (Å²) >= 11 is 0. The van der Waals surface area contributed by atoms with E-state index in [1.54, 1.807) is 0 Å². The average Bonchev–Trinajstić information content (AvgIpc) is 3.09. The zero-order valence-electron chi connectivity index (χ0n) is 11.1. The van der Waals surface area contributed by atoms with Crippen molar-refractivity contribution >= 4 is 22.5 Å². The molecule has 0 atom stereocenters. The molecule has 0 spiro atoms. The summed E-state index contributed by atoms with van der Waals surface area (Å²) in [6.45, 7) is 3.38. The first kappa shape index (κ1) is 12.2. The summed E-state index contributed by atoms with van der Waals surface area (Å²) in [6, 6.07) is 8.00. The van der Waals surface area contributed by atoms with Gasteiger partial charge in [0.05, 0.1) is 6.54 Å². The highest BCUT2D eigenvalue weighted by molar-refractivity contribution is 5.95. The maximum Gasteiger partial charge on any atom is 0.238 e. The van der Waals surface area contributed by atoms with Crippen LogP contribution in [0.3, 0.4) is 0 Å². The molecule has 19 heavy (non-hydrogen) atoms. The third-order valence-corrected chi connectivity index (χ3v) is 3.45. The van der Waals surface area contributed by atoms with Gasteiger partial charge in [-0.3, -0.25) is 4.79 Å². The number of carbonyl (C=O) groups is 1. The molecule has 1 amide bonds.